The number of alkyl halides is 2. The van der Waals surface area contributed by atoms with E-state index in [0.29, 0.717) is 13.0 Å². The molecule has 0 aliphatic rings. The highest BCUT2D eigenvalue weighted by Crippen LogP contribution is 2.38. The third kappa shape index (κ3) is 11.2. The highest BCUT2D eigenvalue weighted by atomic mass is 32.2. The molecule has 0 aromatic heterocycles. The Bertz CT molecular complexity index is 1070. The summed E-state index contributed by atoms with van der Waals surface area (Å²) >= 11 is 0. The molecule has 6 nitrogen and oxygen atoms in total. The van der Waals surface area contributed by atoms with Crippen molar-refractivity contribution in [2.75, 3.05) is 13.2 Å². The summed E-state index contributed by atoms with van der Waals surface area (Å²) in [5, 5.41) is -0.0874. The normalized spacial score (nSPS) is 14.9. The number of carbonyl (C=O) groups is 1. The predicted octanol–water partition coefficient (Wildman–Crippen LogP) is 8.39. The summed E-state index contributed by atoms with van der Waals surface area (Å²) < 4.78 is 70.2. The van der Waals surface area contributed by atoms with Crippen LogP contribution < -0.4 is 0 Å². The lowest BCUT2D eigenvalue weighted by atomic mass is 10.1. The second-order valence-corrected chi connectivity index (χ2v) is 25.7. The third-order valence-corrected chi connectivity index (χ3v) is 19.7. The van der Waals surface area contributed by atoms with Gasteiger partial charge in [-0.15, -0.1) is 0 Å². The molecule has 0 aliphatic heterocycles. The molecule has 0 heterocycles. The smallest absolute Gasteiger partial charge is 0.302 e. The minimum atomic E-state index is -4.04. The van der Waals surface area contributed by atoms with Gasteiger partial charge in [-0.25, -0.2) is 8.42 Å². The fourth-order valence-corrected chi connectivity index (χ4v) is 7.32. The summed E-state index contributed by atoms with van der Waals surface area (Å²) in [6.45, 7) is 23.7. The van der Waals surface area contributed by atoms with Gasteiger partial charge in [0.25, 0.3) is 0 Å². The second-order valence-electron chi connectivity index (χ2n) is 14.2. The van der Waals surface area contributed by atoms with Gasteiger partial charge in [-0.2, -0.15) is 13.1 Å². The van der Waals surface area contributed by atoms with Crippen molar-refractivity contribution in [3.05, 3.63) is 29.8 Å². The average molecular weight is 636 g/mol. The molecule has 0 saturated carbocycles. The summed E-state index contributed by atoms with van der Waals surface area (Å²) in [5.41, 5.74) is 0.870. The zero-order chi connectivity index (χ0) is 31.9. The monoisotopic (exact) mass is 635 g/mol. The molecule has 41 heavy (non-hydrogen) atoms. The van der Waals surface area contributed by atoms with Gasteiger partial charge in [0.2, 0.25) is 10.0 Å². The van der Waals surface area contributed by atoms with Crippen LogP contribution in [0.2, 0.25) is 36.3 Å². The molecule has 1 unspecified atom stereocenters. The summed E-state index contributed by atoms with van der Waals surface area (Å²) in [6, 6.07) is 5.81. The molecule has 1 aromatic rings. The molecule has 0 radical (unpaired) electrons. The fraction of sp³-hybridized carbons (Fsp3) is 0.767. The van der Waals surface area contributed by atoms with Gasteiger partial charge in [0, 0.05) is 19.0 Å². The fourth-order valence-electron chi connectivity index (χ4n) is 3.64. The van der Waals surface area contributed by atoms with Crippen LogP contribution in [-0.2, 0) is 30.3 Å². The highest BCUT2D eigenvalue weighted by Gasteiger charge is 2.41. The molecule has 0 bridgehead atoms. The molecular formula is C30H55F2NO5SSi2. The number of rotatable bonds is 17. The van der Waals surface area contributed by atoms with E-state index in [1.165, 1.54) is 4.31 Å². The number of halogens is 2. The topological polar surface area (TPSA) is 72.9 Å². The van der Waals surface area contributed by atoms with Crippen molar-refractivity contribution in [3.63, 3.8) is 0 Å². The molecule has 0 aliphatic carbocycles. The van der Waals surface area contributed by atoms with Gasteiger partial charge in [0.15, 0.2) is 22.9 Å². The molecule has 0 amide bonds. The average Bonchev–Trinajstić information content (AvgIpc) is 2.85. The molecular weight excluding hydrogens is 581 g/mol. The van der Waals surface area contributed by atoms with E-state index in [1.807, 2.05) is 20.0 Å². The van der Waals surface area contributed by atoms with Crippen molar-refractivity contribution in [1.29, 1.82) is 0 Å². The number of hydrogen-bond acceptors (Lipinski definition) is 5. The van der Waals surface area contributed by atoms with Gasteiger partial charge >= 0.3 is 5.92 Å². The molecule has 1 atom stereocenters. The van der Waals surface area contributed by atoms with Crippen molar-refractivity contribution in [2.24, 2.45) is 0 Å². The standard InChI is InChI=1S/C30H55F2NO5SSi2/c1-12-13-14-21-33(26(19-20-30(31,32)24-34)23-38-41(10,11)29(5,6)7)39(35,36)27-17-15-25(16-18-27)22-37-40(8,9)28(2,3)4/h15-18,24,26H,12-14,19-23H2,1-11H3. The van der Waals surface area contributed by atoms with Crippen molar-refractivity contribution >= 4 is 32.9 Å². The maximum Gasteiger partial charge on any atom is 0.302 e. The van der Waals surface area contributed by atoms with E-state index in [0.717, 1.165) is 18.4 Å². The lowest BCUT2D eigenvalue weighted by Gasteiger charge is -2.39. The SMILES string of the molecule is CCCCCN(C(CCC(F)(F)C=O)CO[Si](C)(C)C(C)(C)C)S(=O)(=O)c1ccc(CO[Si](C)(C)C(C)(C)C)cc1. The largest absolute Gasteiger partial charge is 0.415 e. The van der Waals surface area contributed by atoms with Crippen molar-refractivity contribution in [1.82, 2.24) is 4.31 Å². The lowest BCUT2D eigenvalue weighted by molar-refractivity contribution is -0.130. The zero-order valence-electron chi connectivity index (χ0n) is 27.3. The highest BCUT2D eigenvalue weighted by molar-refractivity contribution is 7.89. The van der Waals surface area contributed by atoms with Gasteiger partial charge in [0.1, 0.15) is 0 Å². The molecule has 0 spiro atoms. The third-order valence-electron chi connectivity index (χ3n) is 8.75. The second kappa shape index (κ2) is 14.7. The molecule has 1 aromatic carbocycles. The Balaban J connectivity index is 3.38. The Hall–Kier alpha value is -0.986. The van der Waals surface area contributed by atoms with Crippen molar-refractivity contribution < 1.29 is 30.8 Å². The quantitative estimate of drug-likeness (QED) is 0.0977. The molecule has 1 rings (SSSR count). The maximum atomic E-state index is 14.1. The maximum absolute atomic E-state index is 14.1. The number of unbranched alkanes of at least 4 members (excludes halogenated alkanes) is 2. The van der Waals surface area contributed by atoms with E-state index in [2.05, 4.69) is 54.6 Å². The van der Waals surface area contributed by atoms with E-state index >= 15 is 0 Å². The van der Waals surface area contributed by atoms with E-state index in [-0.39, 0.29) is 40.8 Å². The summed E-state index contributed by atoms with van der Waals surface area (Å²) in [6.07, 6.45) is 0.977. The molecule has 0 fully saturated rings. The Morgan fingerprint density at radius 3 is 1.88 bits per heavy atom. The zero-order valence-corrected chi connectivity index (χ0v) is 30.1. The lowest BCUT2D eigenvalue weighted by Crippen LogP contribution is -2.48. The number of aldehydes is 1. The Kier molecular flexibility index (Phi) is 13.6. The van der Waals surface area contributed by atoms with E-state index in [4.69, 9.17) is 8.85 Å². The Morgan fingerprint density at radius 2 is 1.41 bits per heavy atom. The molecule has 11 heteroatoms. The van der Waals surface area contributed by atoms with Crippen molar-refractivity contribution in [3.8, 4) is 0 Å². The predicted molar refractivity (Wildman–Crippen MR) is 169 cm³/mol. The first-order chi connectivity index (χ1) is 18.5. The van der Waals surface area contributed by atoms with Crippen LogP contribution in [0, 0.1) is 0 Å². The van der Waals surface area contributed by atoms with Crippen LogP contribution in [0.5, 0.6) is 0 Å². The number of benzene rings is 1. The first kappa shape index (κ1) is 38.0. The number of hydrogen-bond donors (Lipinski definition) is 0. The van der Waals surface area contributed by atoms with E-state index in [9.17, 15) is 22.0 Å². The number of sulfonamides is 1. The van der Waals surface area contributed by atoms with Gasteiger partial charge in [-0.1, -0.05) is 73.4 Å². The molecule has 0 saturated heterocycles. The van der Waals surface area contributed by atoms with Crippen molar-refractivity contribution in [2.45, 2.75) is 140 Å². The van der Waals surface area contributed by atoms with Crippen LogP contribution in [0.4, 0.5) is 8.78 Å². The molecule has 238 valence electrons. The first-order valence-electron chi connectivity index (χ1n) is 14.7. The van der Waals surface area contributed by atoms with Gasteiger partial charge in [0.05, 0.1) is 18.1 Å². The number of nitrogens with zero attached hydrogens (tertiary/aromatic N) is 1. The van der Waals surface area contributed by atoms with Crippen LogP contribution in [0.1, 0.15) is 86.1 Å². The summed E-state index contributed by atoms with van der Waals surface area (Å²) in [5.74, 6) is -3.53. The first-order valence-corrected chi connectivity index (χ1v) is 22.0. The van der Waals surface area contributed by atoms with Crippen LogP contribution in [0.25, 0.3) is 0 Å². The Morgan fingerprint density at radius 1 is 0.902 bits per heavy atom. The van der Waals surface area contributed by atoms with Gasteiger partial charge in [-0.3, -0.25) is 4.79 Å². The van der Waals surface area contributed by atoms with Gasteiger partial charge < -0.3 is 8.85 Å². The van der Waals surface area contributed by atoms with Crippen LogP contribution in [0.15, 0.2) is 29.2 Å². The summed E-state index contributed by atoms with van der Waals surface area (Å²) in [4.78, 5) is 11.1. The minimum Gasteiger partial charge on any atom is -0.415 e. The summed E-state index contributed by atoms with van der Waals surface area (Å²) in [7, 11) is -8.33. The number of carbonyl (C=O) groups excluding carboxylic acids is 1. The van der Waals surface area contributed by atoms with Crippen LogP contribution >= 0.6 is 0 Å². The Labute approximate surface area is 250 Å². The van der Waals surface area contributed by atoms with Gasteiger partial charge in [-0.05, 0) is 66.8 Å². The van der Waals surface area contributed by atoms with E-state index in [1.54, 1.807) is 24.3 Å². The minimum absolute atomic E-state index is 0.00474. The van der Waals surface area contributed by atoms with E-state index < -0.39 is 45.0 Å². The van der Waals surface area contributed by atoms with Crippen LogP contribution in [0.3, 0.4) is 0 Å². The molecule has 0 N–H and O–H groups in total. The van der Waals surface area contributed by atoms with Crippen LogP contribution in [-0.4, -0.2) is 60.8 Å².